The molecule has 188 valence electrons. The highest BCUT2D eigenvalue weighted by Crippen LogP contribution is 2.22. The Kier molecular flexibility index (Phi) is 12.4. The summed E-state index contributed by atoms with van der Waals surface area (Å²) in [6, 6.07) is 12.2. The number of halogens is 1. The van der Waals surface area contributed by atoms with Crippen molar-refractivity contribution in [1.29, 1.82) is 0 Å². The summed E-state index contributed by atoms with van der Waals surface area (Å²) in [5.41, 5.74) is 4.76. The fourth-order valence-corrected chi connectivity index (χ4v) is 3.25. The fraction of sp³-hybridized carbons (Fsp3) is 0.429. The normalized spacial score (nSPS) is 12.4. The molecule has 0 aliphatic carbocycles. The number of alkyl halides is 1. The van der Waals surface area contributed by atoms with E-state index >= 15 is 0 Å². The molecule has 4 rings (SSSR count). The predicted octanol–water partition coefficient (Wildman–Crippen LogP) is 7.08. The summed E-state index contributed by atoms with van der Waals surface area (Å²) in [6.45, 7) is 14.0. The van der Waals surface area contributed by atoms with Crippen LogP contribution in [0.2, 0.25) is 0 Å². The molecule has 0 radical (unpaired) electrons. The van der Waals surface area contributed by atoms with Gasteiger partial charge in [0.05, 0.1) is 5.69 Å². The minimum Gasteiger partial charge on any atom is -0.282 e. The van der Waals surface area contributed by atoms with Crippen molar-refractivity contribution in [2.75, 3.05) is 5.33 Å². The number of aromatic amines is 1. The second-order valence-electron chi connectivity index (χ2n) is 9.42. The van der Waals surface area contributed by atoms with Crippen LogP contribution in [0.5, 0.6) is 0 Å². The molecule has 0 aromatic carbocycles. The molecule has 0 aliphatic heterocycles. The maximum atomic E-state index is 4.62. The lowest BCUT2D eigenvalue weighted by Crippen LogP contribution is -2.06. The van der Waals surface area contributed by atoms with Crippen molar-refractivity contribution in [2.45, 2.75) is 59.9 Å². The van der Waals surface area contributed by atoms with Crippen molar-refractivity contribution < 1.29 is 0 Å². The summed E-state index contributed by atoms with van der Waals surface area (Å²) >= 11 is 3.31. The third kappa shape index (κ3) is 10.1. The molecular weight excluding hydrogens is 500 g/mol. The highest BCUT2D eigenvalue weighted by atomic mass is 79.9. The molecular formula is C28H39BrN6. The van der Waals surface area contributed by atoms with Crippen LogP contribution < -0.4 is 0 Å². The van der Waals surface area contributed by atoms with Gasteiger partial charge in [-0.15, -0.1) is 0 Å². The van der Waals surface area contributed by atoms with E-state index in [9.17, 15) is 0 Å². The van der Waals surface area contributed by atoms with E-state index in [1.165, 1.54) is 11.1 Å². The Morgan fingerprint density at radius 1 is 0.743 bits per heavy atom. The number of nitrogens with zero attached hydrogens (tertiary/aromatic N) is 5. The van der Waals surface area contributed by atoms with Gasteiger partial charge in [-0.25, -0.2) is 0 Å². The number of pyridine rings is 2. The molecule has 0 amide bonds. The summed E-state index contributed by atoms with van der Waals surface area (Å²) in [7, 11) is 0. The van der Waals surface area contributed by atoms with Gasteiger partial charge in [-0.3, -0.25) is 19.7 Å². The van der Waals surface area contributed by atoms with Gasteiger partial charge < -0.3 is 0 Å². The first-order valence-electron chi connectivity index (χ1n) is 12.2. The van der Waals surface area contributed by atoms with E-state index in [0.717, 1.165) is 29.2 Å². The van der Waals surface area contributed by atoms with Crippen LogP contribution in [-0.4, -0.2) is 35.3 Å². The van der Waals surface area contributed by atoms with E-state index in [-0.39, 0.29) is 0 Å². The van der Waals surface area contributed by atoms with Crippen LogP contribution in [0.1, 0.15) is 75.9 Å². The average molecular weight is 540 g/mol. The minimum absolute atomic E-state index is 0.325. The van der Waals surface area contributed by atoms with Crippen molar-refractivity contribution in [1.82, 2.24) is 29.9 Å². The number of hydrogen-bond donors (Lipinski definition) is 1. The van der Waals surface area contributed by atoms with E-state index in [0.29, 0.717) is 17.8 Å². The molecule has 7 heteroatoms. The number of H-pyrrole nitrogens is 1. The minimum atomic E-state index is 0.325. The molecule has 4 aromatic heterocycles. The first-order chi connectivity index (χ1) is 16.8. The molecule has 0 spiro atoms. The van der Waals surface area contributed by atoms with Gasteiger partial charge in [0.15, 0.2) is 0 Å². The Morgan fingerprint density at radius 3 is 1.74 bits per heavy atom. The van der Waals surface area contributed by atoms with E-state index in [4.69, 9.17) is 0 Å². The Labute approximate surface area is 218 Å². The first kappa shape index (κ1) is 28.4. The Morgan fingerprint density at radius 2 is 1.29 bits per heavy atom. The molecule has 2 atom stereocenters. The summed E-state index contributed by atoms with van der Waals surface area (Å²) in [5, 5.41) is 12.6. The van der Waals surface area contributed by atoms with Gasteiger partial charge in [-0.05, 0) is 59.4 Å². The number of aromatic nitrogens is 6. The Balaban J connectivity index is 0.000000212. The lowest BCUT2D eigenvalue weighted by molar-refractivity contribution is 0.478. The van der Waals surface area contributed by atoms with E-state index in [1.807, 2.05) is 59.8 Å². The third-order valence-electron chi connectivity index (χ3n) is 5.37. The van der Waals surface area contributed by atoms with Gasteiger partial charge in [0, 0.05) is 66.6 Å². The van der Waals surface area contributed by atoms with Crippen molar-refractivity contribution >= 4 is 15.9 Å². The van der Waals surface area contributed by atoms with Gasteiger partial charge >= 0.3 is 0 Å². The second kappa shape index (κ2) is 15.2. The van der Waals surface area contributed by atoms with Crippen molar-refractivity contribution in [2.24, 2.45) is 11.8 Å². The smallest absolute Gasteiger partial charge is 0.0696 e. The van der Waals surface area contributed by atoms with Crippen molar-refractivity contribution in [3.05, 3.63) is 96.1 Å². The van der Waals surface area contributed by atoms with Crippen LogP contribution in [0, 0.1) is 11.8 Å². The molecule has 0 fully saturated rings. The predicted molar refractivity (Wildman–Crippen MR) is 148 cm³/mol. The van der Waals surface area contributed by atoms with E-state index in [2.05, 4.69) is 95.0 Å². The topological polar surface area (TPSA) is 72.3 Å². The van der Waals surface area contributed by atoms with E-state index in [1.54, 1.807) is 6.20 Å². The zero-order chi connectivity index (χ0) is 25.6. The van der Waals surface area contributed by atoms with Crippen LogP contribution >= 0.6 is 15.9 Å². The van der Waals surface area contributed by atoms with Crippen LogP contribution in [0.4, 0.5) is 0 Å². The van der Waals surface area contributed by atoms with Crippen molar-refractivity contribution in [3.8, 4) is 0 Å². The van der Waals surface area contributed by atoms with Gasteiger partial charge in [0.1, 0.15) is 0 Å². The summed E-state index contributed by atoms with van der Waals surface area (Å²) in [6.07, 6.45) is 11.1. The summed E-state index contributed by atoms with van der Waals surface area (Å²) in [4.78, 5) is 8.02. The first-order valence-corrected chi connectivity index (χ1v) is 13.3. The Hall–Kier alpha value is -2.80. The zero-order valence-corrected chi connectivity index (χ0v) is 23.4. The molecule has 0 saturated heterocycles. The largest absolute Gasteiger partial charge is 0.282 e. The average Bonchev–Trinajstić information content (AvgIpc) is 3.57. The SMILES string of the molecule is CC(C)CBr.CC(C)Cn1ccc(C(C)c2ccncc2)n1.CC(c1ccncc1)c1ccn[nH]1. The summed E-state index contributed by atoms with van der Waals surface area (Å²) in [5.74, 6) is 2.10. The van der Waals surface area contributed by atoms with Crippen molar-refractivity contribution in [3.63, 3.8) is 0 Å². The maximum absolute atomic E-state index is 4.62. The van der Waals surface area contributed by atoms with Gasteiger partial charge in [0.25, 0.3) is 0 Å². The highest BCUT2D eigenvalue weighted by molar-refractivity contribution is 9.09. The van der Waals surface area contributed by atoms with E-state index < -0.39 is 0 Å². The number of rotatable bonds is 7. The molecule has 2 unspecified atom stereocenters. The molecule has 6 nitrogen and oxygen atoms in total. The Bertz CT molecular complexity index is 1050. The zero-order valence-electron chi connectivity index (χ0n) is 21.8. The number of hydrogen-bond acceptors (Lipinski definition) is 4. The monoisotopic (exact) mass is 538 g/mol. The molecule has 0 aliphatic rings. The molecule has 0 saturated carbocycles. The van der Waals surface area contributed by atoms with Crippen LogP contribution in [0.25, 0.3) is 0 Å². The lowest BCUT2D eigenvalue weighted by atomic mass is 9.99. The standard InChI is InChI=1S/C14H19N3.C10H11N3.C4H9Br/c1-11(2)10-17-9-6-14(16-17)12(3)13-4-7-15-8-5-13;1-8(10-4-7-12-13-10)9-2-5-11-6-3-9;1-4(2)3-5/h4-9,11-12H,10H2,1-3H3;2-8H,1H3,(H,12,13);4H,3H2,1-2H3. The molecule has 4 aromatic rings. The van der Waals surface area contributed by atoms with Gasteiger partial charge in [-0.2, -0.15) is 10.2 Å². The fourth-order valence-electron chi connectivity index (χ4n) is 3.25. The molecule has 35 heavy (non-hydrogen) atoms. The highest BCUT2D eigenvalue weighted by Gasteiger charge is 2.11. The molecule has 1 N–H and O–H groups in total. The van der Waals surface area contributed by atoms with Gasteiger partial charge in [-0.1, -0.05) is 57.5 Å². The van der Waals surface area contributed by atoms with Crippen LogP contribution in [0.3, 0.4) is 0 Å². The third-order valence-corrected chi connectivity index (χ3v) is 6.66. The maximum Gasteiger partial charge on any atom is 0.0696 e. The molecule has 0 bridgehead atoms. The molecule has 4 heterocycles. The van der Waals surface area contributed by atoms with Gasteiger partial charge in [0.2, 0.25) is 0 Å². The quantitative estimate of drug-likeness (QED) is 0.255. The number of nitrogens with one attached hydrogen (secondary N) is 1. The van der Waals surface area contributed by atoms with Crippen LogP contribution in [0.15, 0.2) is 73.6 Å². The second-order valence-corrected chi connectivity index (χ2v) is 10.1. The summed E-state index contributed by atoms with van der Waals surface area (Å²) < 4.78 is 2.03. The lowest BCUT2D eigenvalue weighted by Gasteiger charge is -2.09. The van der Waals surface area contributed by atoms with Crippen LogP contribution in [-0.2, 0) is 6.54 Å².